The van der Waals surface area contributed by atoms with Crippen molar-refractivity contribution in [3.8, 4) is 5.75 Å². The minimum atomic E-state index is -0.189. The number of benzene rings is 2. The zero-order valence-electron chi connectivity index (χ0n) is 19.6. The maximum atomic E-state index is 12.4. The molecule has 1 fully saturated rings. The van der Waals surface area contributed by atoms with E-state index in [1.165, 1.54) is 23.8 Å². The van der Waals surface area contributed by atoms with E-state index in [0.29, 0.717) is 16.8 Å². The molecule has 0 aliphatic carbocycles. The van der Waals surface area contributed by atoms with Gasteiger partial charge in [-0.3, -0.25) is 15.0 Å². The molecule has 1 amide bonds. The number of carbonyl (C=O) groups is 1. The second-order valence-corrected chi connectivity index (χ2v) is 10.2. The van der Waals surface area contributed by atoms with E-state index in [1.807, 2.05) is 55.5 Å². The number of likely N-dealkylation sites (tertiary alicyclic amines) is 1. The highest BCUT2D eigenvalue weighted by atomic mass is 35.5. The van der Waals surface area contributed by atoms with Gasteiger partial charge >= 0.3 is 0 Å². The monoisotopic (exact) mass is 495 g/mol. The zero-order chi connectivity index (χ0) is 23.9. The van der Waals surface area contributed by atoms with Gasteiger partial charge in [0, 0.05) is 28.1 Å². The Morgan fingerprint density at radius 1 is 1.21 bits per heavy atom. The van der Waals surface area contributed by atoms with Crippen LogP contribution in [0.3, 0.4) is 0 Å². The molecule has 1 aliphatic rings. The van der Waals surface area contributed by atoms with E-state index in [-0.39, 0.29) is 5.91 Å². The number of aromatic nitrogens is 1. The first-order chi connectivity index (χ1) is 16.5. The summed E-state index contributed by atoms with van der Waals surface area (Å²) >= 11 is 7.74. The molecule has 0 atom stereocenters. The van der Waals surface area contributed by atoms with Crippen molar-refractivity contribution < 1.29 is 9.53 Å². The van der Waals surface area contributed by atoms with Crippen molar-refractivity contribution in [3.63, 3.8) is 0 Å². The van der Waals surface area contributed by atoms with E-state index in [0.717, 1.165) is 48.1 Å². The Bertz CT molecular complexity index is 1140. The number of rotatable bonds is 8. The van der Waals surface area contributed by atoms with Crippen molar-refractivity contribution >= 4 is 40.1 Å². The van der Waals surface area contributed by atoms with Gasteiger partial charge in [0.05, 0.1) is 5.69 Å². The number of carbonyl (C=O) groups excluding carboxylic acids is 1. The van der Waals surface area contributed by atoms with Crippen LogP contribution in [0.1, 0.15) is 41.5 Å². The SMILES string of the molecule is Cc1nc(NC(=O)/C=C/c2ccc(OCc3ccccc3Cl)cc2)sc1CN1CCC(C)CC1. The molecule has 0 spiro atoms. The van der Waals surface area contributed by atoms with Gasteiger partial charge in [0.2, 0.25) is 5.91 Å². The van der Waals surface area contributed by atoms with Crippen molar-refractivity contribution in [1.29, 1.82) is 0 Å². The van der Waals surface area contributed by atoms with Gasteiger partial charge in [-0.15, -0.1) is 11.3 Å². The third-order valence-corrected chi connectivity index (χ3v) is 7.45. The van der Waals surface area contributed by atoms with E-state index < -0.39 is 0 Å². The van der Waals surface area contributed by atoms with E-state index >= 15 is 0 Å². The van der Waals surface area contributed by atoms with Gasteiger partial charge in [0.25, 0.3) is 0 Å². The van der Waals surface area contributed by atoms with Crippen LogP contribution in [-0.2, 0) is 17.9 Å². The van der Waals surface area contributed by atoms with Crippen LogP contribution in [-0.4, -0.2) is 28.9 Å². The summed E-state index contributed by atoms with van der Waals surface area (Å²) in [6.07, 6.45) is 5.81. The lowest BCUT2D eigenvalue weighted by Gasteiger charge is -2.29. The molecule has 4 rings (SSSR count). The average Bonchev–Trinajstić information content (AvgIpc) is 3.17. The number of amides is 1. The Kier molecular flexibility index (Phi) is 8.38. The maximum absolute atomic E-state index is 12.4. The molecule has 0 bridgehead atoms. The van der Waals surface area contributed by atoms with Gasteiger partial charge < -0.3 is 4.74 Å². The molecule has 1 saturated heterocycles. The number of aryl methyl sites for hydroxylation is 1. The lowest BCUT2D eigenvalue weighted by atomic mass is 9.99. The van der Waals surface area contributed by atoms with Crippen molar-refractivity contribution in [2.45, 2.75) is 39.8 Å². The summed E-state index contributed by atoms with van der Waals surface area (Å²) in [7, 11) is 0. The molecule has 3 aromatic rings. The number of piperidine rings is 1. The Hall–Kier alpha value is -2.67. The number of ether oxygens (including phenoxy) is 1. The summed E-state index contributed by atoms with van der Waals surface area (Å²) in [6, 6.07) is 15.2. The van der Waals surface area contributed by atoms with Gasteiger partial charge in [-0.05, 0) is 68.6 Å². The van der Waals surface area contributed by atoms with Crippen molar-refractivity contribution in [2.75, 3.05) is 18.4 Å². The Labute approximate surface area is 210 Å². The number of nitrogens with zero attached hydrogens (tertiary/aromatic N) is 2. The molecule has 7 heteroatoms. The topological polar surface area (TPSA) is 54.5 Å². The number of halogens is 1. The van der Waals surface area contributed by atoms with Crippen LogP contribution in [0.25, 0.3) is 6.08 Å². The Balaban J connectivity index is 1.27. The summed E-state index contributed by atoms with van der Waals surface area (Å²) in [6.45, 7) is 7.91. The lowest BCUT2D eigenvalue weighted by molar-refractivity contribution is -0.111. The predicted octanol–water partition coefficient (Wildman–Crippen LogP) is 6.57. The summed E-state index contributed by atoms with van der Waals surface area (Å²) in [5, 5.41) is 4.24. The van der Waals surface area contributed by atoms with Gasteiger partial charge in [0.1, 0.15) is 12.4 Å². The molecule has 1 N–H and O–H groups in total. The molecule has 5 nitrogen and oxygen atoms in total. The Morgan fingerprint density at radius 3 is 2.68 bits per heavy atom. The van der Waals surface area contributed by atoms with Gasteiger partial charge in [-0.25, -0.2) is 4.98 Å². The number of anilines is 1. The molecular weight excluding hydrogens is 466 g/mol. The number of nitrogens with one attached hydrogen (secondary N) is 1. The summed E-state index contributed by atoms with van der Waals surface area (Å²) < 4.78 is 5.81. The van der Waals surface area contributed by atoms with Crippen LogP contribution < -0.4 is 10.1 Å². The van der Waals surface area contributed by atoms with Gasteiger partial charge in [0.15, 0.2) is 5.13 Å². The molecule has 0 saturated carbocycles. The second kappa shape index (κ2) is 11.6. The second-order valence-electron chi connectivity index (χ2n) is 8.76. The van der Waals surface area contributed by atoms with Crippen LogP contribution in [0, 0.1) is 12.8 Å². The largest absolute Gasteiger partial charge is 0.489 e. The Morgan fingerprint density at radius 2 is 1.94 bits per heavy atom. The normalized spacial score (nSPS) is 15.0. The molecule has 0 radical (unpaired) electrons. The minimum Gasteiger partial charge on any atom is -0.489 e. The molecule has 34 heavy (non-hydrogen) atoms. The van der Waals surface area contributed by atoms with E-state index in [4.69, 9.17) is 16.3 Å². The molecular formula is C27H30ClN3O2S. The minimum absolute atomic E-state index is 0.189. The van der Waals surface area contributed by atoms with E-state index in [1.54, 1.807) is 17.4 Å². The molecule has 1 aromatic heterocycles. The van der Waals surface area contributed by atoms with E-state index in [2.05, 4.69) is 22.1 Å². The maximum Gasteiger partial charge on any atom is 0.250 e. The molecule has 2 aromatic carbocycles. The molecule has 178 valence electrons. The summed E-state index contributed by atoms with van der Waals surface area (Å²) in [4.78, 5) is 20.7. The van der Waals surface area contributed by atoms with Crippen LogP contribution in [0.2, 0.25) is 5.02 Å². The fourth-order valence-corrected chi connectivity index (χ4v) is 5.02. The summed E-state index contributed by atoms with van der Waals surface area (Å²) in [5.41, 5.74) is 2.85. The van der Waals surface area contributed by atoms with Crippen molar-refractivity contribution in [2.24, 2.45) is 5.92 Å². The zero-order valence-corrected chi connectivity index (χ0v) is 21.2. The van der Waals surface area contributed by atoms with Gasteiger partial charge in [-0.1, -0.05) is 48.9 Å². The molecule has 2 heterocycles. The highest BCUT2D eigenvalue weighted by Crippen LogP contribution is 2.26. The third-order valence-electron chi connectivity index (χ3n) is 6.03. The first-order valence-electron chi connectivity index (χ1n) is 11.6. The highest BCUT2D eigenvalue weighted by molar-refractivity contribution is 7.15. The fourth-order valence-electron chi connectivity index (χ4n) is 3.82. The number of thiazole rings is 1. The third kappa shape index (κ3) is 6.92. The van der Waals surface area contributed by atoms with Crippen molar-refractivity contribution in [3.05, 3.63) is 81.3 Å². The summed E-state index contributed by atoms with van der Waals surface area (Å²) in [5.74, 6) is 1.37. The predicted molar refractivity (Wildman–Crippen MR) is 140 cm³/mol. The van der Waals surface area contributed by atoms with Crippen LogP contribution in [0.4, 0.5) is 5.13 Å². The van der Waals surface area contributed by atoms with Crippen molar-refractivity contribution in [1.82, 2.24) is 9.88 Å². The smallest absolute Gasteiger partial charge is 0.250 e. The standard InChI is InChI=1S/C27H30ClN3O2S/c1-19-13-15-31(16-14-19)17-25-20(2)29-27(34-25)30-26(32)12-9-21-7-10-23(11-8-21)33-18-22-5-3-4-6-24(22)28/h3-12,19H,13-18H2,1-2H3,(H,29,30,32)/b12-9+. The number of hydrogen-bond acceptors (Lipinski definition) is 5. The first-order valence-corrected chi connectivity index (χ1v) is 12.8. The number of hydrogen-bond donors (Lipinski definition) is 1. The average molecular weight is 496 g/mol. The van der Waals surface area contributed by atoms with Crippen LogP contribution in [0.5, 0.6) is 5.75 Å². The van der Waals surface area contributed by atoms with E-state index in [9.17, 15) is 4.79 Å². The van der Waals surface area contributed by atoms with Crippen LogP contribution in [0.15, 0.2) is 54.6 Å². The first kappa shape index (κ1) is 24.5. The molecule has 0 unspecified atom stereocenters. The quantitative estimate of drug-likeness (QED) is 0.359. The fraction of sp³-hybridized carbons (Fsp3) is 0.333. The van der Waals surface area contributed by atoms with Gasteiger partial charge in [-0.2, -0.15) is 0 Å². The molecule has 1 aliphatic heterocycles. The lowest BCUT2D eigenvalue weighted by Crippen LogP contribution is -2.32. The highest BCUT2D eigenvalue weighted by Gasteiger charge is 2.18. The van der Waals surface area contributed by atoms with Crippen LogP contribution >= 0.6 is 22.9 Å².